The number of carbonyl (C=O) groups excluding carboxylic acids is 2. The van der Waals surface area contributed by atoms with Crippen LogP contribution < -0.4 is 5.32 Å². The van der Waals surface area contributed by atoms with E-state index in [0.717, 1.165) is 17.6 Å². The van der Waals surface area contributed by atoms with Crippen molar-refractivity contribution >= 4 is 38.6 Å². The van der Waals surface area contributed by atoms with Gasteiger partial charge in [0.1, 0.15) is 6.29 Å². The number of sulfone groups is 1. The number of nitrogens with one attached hydrogen (secondary N) is 1. The van der Waals surface area contributed by atoms with Crippen molar-refractivity contribution in [2.45, 2.75) is 4.34 Å². The van der Waals surface area contributed by atoms with Crippen molar-refractivity contribution < 1.29 is 18.0 Å². The number of rotatable bonds is 6. The molecule has 104 valence electrons. The minimum absolute atomic E-state index is 0.0467. The van der Waals surface area contributed by atoms with Gasteiger partial charge in [0.05, 0.1) is 6.54 Å². The third-order valence-corrected chi connectivity index (χ3v) is 4.38. The maximum Gasteiger partial charge on any atom is 0.324 e. The molecular weight excluding hydrogens is 292 g/mol. The van der Waals surface area contributed by atoms with Crippen LogP contribution in [0.25, 0.3) is 0 Å². The van der Waals surface area contributed by atoms with Crippen LogP contribution in [0.3, 0.4) is 0 Å². The molecule has 8 nitrogen and oxygen atoms in total. The molecule has 0 radical (unpaired) electrons. The van der Waals surface area contributed by atoms with E-state index in [0.29, 0.717) is 6.29 Å². The fourth-order valence-electron chi connectivity index (χ4n) is 1.07. The summed E-state index contributed by atoms with van der Waals surface area (Å²) in [7, 11) is -3.45. The molecule has 0 aliphatic carbocycles. The fraction of sp³-hybridized carbons (Fsp3) is 0.333. The number of aldehydes is 1. The molecule has 0 aliphatic rings. The summed E-state index contributed by atoms with van der Waals surface area (Å²) in [4.78, 5) is 23.4. The van der Waals surface area contributed by atoms with Crippen molar-refractivity contribution in [1.29, 1.82) is 0 Å². The Morgan fingerprint density at radius 2 is 2.16 bits per heavy atom. The largest absolute Gasteiger partial charge is 0.324 e. The number of hydrogen-bond acceptors (Lipinski definition) is 7. The molecule has 1 rings (SSSR count). The highest BCUT2D eigenvalue weighted by molar-refractivity contribution is 7.92. The first-order valence-electron chi connectivity index (χ1n) is 5.02. The number of aromatic nitrogens is 2. The average molecular weight is 304 g/mol. The Balaban J connectivity index is 2.78. The van der Waals surface area contributed by atoms with Crippen molar-refractivity contribution in [2.24, 2.45) is 0 Å². The molecule has 1 aromatic heterocycles. The van der Waals surface area contributed by atoms with E-state index in [2.05, 4.69) is 22.1 Å². The van der Waals surface area contributed by atoms with Crippen molar-refractivity contribution in [2.75, 3.05) is 24.7 Å². The molecule has 0 aliphatic heterocycles. The van der Waals surface area contributed by atoms with Gasteiger partial charge >= 0.3 is 6.03 Å². The molecule has 0 atom stereocenters. The zero-order valence-electron chi connectivity index (χ0n) is 10.1. The molecule has 0 unspecified atom stereocenters. The Morgan fingerprint density at radius 1 is 1.47 bits per heavy atom. The van der Waals surface area contributed by atoms with Crippen molar-refractivity contribution in [3.8, 4) is 0 Å². The minimum Gasteiger partial charge on any atom is -0.314 e. The standard InChI is InChI=1S/C9H12N4O4S2/c1-3-4-13(5-6-14)8(15)10-7-11-12-9(18-7)19(2,16)17/h3,6H,1,4-5H2,2H3,(H,10,11,15). The lowest BCUT2D eigenvalue weighted by Gasteiger charge is -2.17. The Morgan fingerprint density at radius 3 is 2.63 bits per heavy atom. The van der Waals surface area contributed by atoms with Crippen LogP contribution in [-0.4, -0.2) is 55.2 Å². The first kappa shape index (κ1) is 15.2. The van der Waals surface area contributed by atoms with Gasteiger partial charge in [-0.05, 0) is 0 Å². The smallest absolute Gasteiger partial charge is 0.314 e. The summed E-state index contributed by atoms with van der Waals surface area (Å²) in [5, 5.41) is 9.40. The highest BCUT2D eigenvalue weighted by Gasteiger charge is 2.17. The molecule has 19 heavy (non-hydrogen) atoms. The number of nitrogens with zero attached hydrogens (tertiary/aromatic N) is 3. The van der Waals surface area contributed by atoms with Crippen molar-refractivity contribution in [1.82, 2.24) is 15.1 Å². The second-order valence-corrected chi connectivity index (χ2v) is 6.60. The van der Waals surface area contributed by atoms with Crippen LogP contribution >= 0.6 is 11.3 Å². The average Bonchev–Trinajstić information content (AvgIpc) is 2.77. The maximum atomic E-state index is 11.7. The highest BCUT2D eigenvalue weighted by Crippen LogP contribution is 2.19. The second kappa shape index (κ2) is 6.38. The molecule has 2 amide bonds. The second-order valence-electron chi connectivity index (χ2n) is 3.44. The van der Waals surface area contributed by atoms with Gasteiger partial charge in [-0.1, -0.05) is 17.4 Å². The van der Waals surface area contributed by atoms with E-state index in [1.165, 1.54) is 11.0 Å². The van der Waals surface area contributed by atoms with Gasteiger partial charge in [-0.15, -0.1) is 16.8 Å². The summed E-state index contributed by atoms with van der Waals surface area (Å²) in [5.41, 5.74) is 0. The van der Waals surface area contributed by atoms with E-state index < -0.39 is 15.9 Å². The fourth-order valence-corrected chi connectivity index (χ4v) is 2.57. The predicted octanol–water partition coefficient (Wildman–Crippen LogP) is 0.160. The molecule has 0 bridgehead atoms. The van der Waals surface area contributed by atoms with Gasteiger partial charge in [0.15, 0.2) is 0 Å². The third kappa shape index (κ3) is 4.41. The summed E-state index contributed by atoms with van der Waals surface area (Å²) in [6, 6.07) is -0.580. The Labute approximate surface area is 114 Å². The summed E-state index contributed by atoms with van der Waals surface area (Å²) in [6.45, 7) is 3.55. The van der Waals surface area contributed by atoms with E-state index in [9.17, 15) is 18.0 Å². The van der Waals surface area contributed by atoms with E-state index in [-0.39, 0.29) is 22.6 Å². The van der Waals surface area contributed by atoms with E-state index in [1.807, 2.05) is 0 Å². The zero-order valence-corrected chi connectivity index (χ0v) is 11.7. The van der Waals surface area contributed by atoms with Gasteiger partial charge in [0.2, 0.25) is 19.3 Å². The van der Waals surface area contributed by atoms with E-state index in [1.54, 1.807) is 0 Å². The first-order chi connectivity index (χ1) is 8.88. The van der Waals surface area contributed by atoms with Crippen LogP contribution in [0, 0.1) is 0 Å². The lowest BCUT2D eigenvalue weighted by atomic mass is 10.5. The van der Waals surface area contributed by atoms with Gasteiger partial charge in [0.25, 0.3) is 0 Å². The van der Waals surface area contributed by atoms with Crippen LogP contribution in [0.5, 0.6) is 0 Å². The molecule has 0 saturated carbocycles. The SMILES string of the molecule is C=CCN(CC=O)C(=O)Nc1nnc(S(C)(=O)=O)s1. The molecule has 0 saturated heterocycles. The van der Waals surface area contributed by atoms with Crippen LogP contribution in [0.15, 0.2) is 17.0 Å². The lowest BCUT2D eigenvalue weighted by molar-refractivity contribution is -0.108. The number of urea groups is 1. The number of hydrogen-bond donors (Lipinski definition) is 1. The lowest BCUT2D eigenvalue weighted by Crippen LogP contribution is -2.36. The van der Waals surface area contributed by atoms with Crippen molar-refractivity contribution in [3.63, 3.8) is 0 Å². The van der Waals surface area contributed by atoms with Crippen LogP contribution in [-0.2, 0) is 14.6 Å². The zero-order chi connectivity index (χ0) is 14.5. The van der Waals surface area contributed by atoms with Gasteiger partial charge in [-0.2, -0.15) is 0 Å². The number of carbonyl (C=O) groups is 2. The van der Waals surface area contributed by atoms with E-state index >= 15 is 0 Å². The van der Waals surface area contributed by atoms with Crippen molar-refractivity contribution in [3.05, 3.63) is 12.7 Å². The van der Waals surface area contributed by atoms with Crippen LogP contribution in [0.4, 0.5) is 9.93 Å². The van der Waals surface area contributed by atoms with Crippen LogP contribution in [0.2, 0.25) is 0 Å². The Bertz CT molecular complexity index is 571. The summed E-state index contributed by atoms with van der Waals surface area (Å²) in [5.74, 6) is 0. The summed E-state index contributed by atoms with van der Waals surface area (Å²) in [6.07, 6.45) is 3.03. The van der Waals surface area contributed by atoms with Gasteiger partial charge in [-0.3, -0.25) is 5.32 Å². The Kier molecular flexibility index (Phi) is 5.12. The summed E-state index contributed by atoms with van der Waals surface area (Å²) < 4.78 is 22.2. The highest BCUT2D eigenvalue weighted by atomic mass is 32.2. The molecular formula is C9H12N4O4S2. The molecule has 1 N–H and O–H groups in total. The van der Waals surface area contributed by atoms with Gasteiger partial charge < -0.3 is 9.69 Å². The monoisotopic (exact) mass is 304 g/mol. The number of anilines is 1. The third-order valence-electron chi connectivity index (χ3n) is 1.87. The van der Waals surface area contributed by atoms with Crippen LogP contribution in [0.1, 0.15) is 0 Å². The first-order valence-corrected chi connectivity index (χ1v) is 7.73. The van der Waals surface area contributed by atoms with Gasteiger partial charge in [-0.25, -0.2) is 13.2 Å². The Hall–Kier alpha value is -1.81. The quantitative estimate of drug-likeness (QED) is 0.455. The molecule has 0 spiro atoms. The maximum absolute atomic E-state index is 11.7. The normalized spacial score (nSPS) is 10.8. The predicted molar refractivity (Wildman–Crippen MR) is 69.9 cm³/mol. The molecule has 10 heteroatoms. The van der Waals surface area contributed by atoms with E-state index in [4.69, 9.17) is 0 Å². The molecule has 0 fully saturated rings. The summed E-state index contributed by atoms with van der Waals surface area (Å²) >= 11 is 0.739. The number of amides is 2. The molecule has 0 aromatic carbocycles. The topological polar surface area (TPSA) is 109 Å². The van der Waals surface area contributed by atoms with Gasteiger partial charge in [0, 0.05) is 12.8 Å². The molecule has 1 aromatic rings. The molecule has 1 heterocycles. The minimum atomic E-state index is -3.45.